The Morgan fingerprint density at radius 3 is 2.38 bits per heavy atom. The van der Waals surface area contributed by atoms with Gasteiger partial charge in [-0.3, -0.25) is 19.2 Å². The van der Waals surface area contributed by atoms with Crippen molar-refractivity contribution in [2.45, 2.75) is 57.7 Å². The van der Waals surface area contributed by atoms with Crippen LogP contribution in [0.1, 0.15) is 38.8 Å². The monoisotopic (exact) mass is 454 g/mol. The highest BCUT2D eigenvalue weighted by molar-refractivity contribution is 5.92. The van der Waals surface area contributed by atoms with Gasteiger partial charge in [0.2, 0.25) is 17.7 Å². The average molecular weight is 454 g/mol. The lowest BCUT2D eigenvalue weighted by atomic mass is 9.98. The van der Waals surface area contributed by atoms with Gasteiger partial charge in [0.05, 0.1) is 18.9 Å². The maximum atomic E-state index is 12.7. The predicted molar refractivity (Wildman–Crippen MR) is 111 cm³/mol. The fourth-order valence-corrected chi connectivity index (χ4v) is 2.72. The van der Waals surface area contributed by atoms with Crippen molar-refractivity contribution in [1.29, 1.82) is 0 Å². The van der Waals surface area contributed by atoms with Gasteiger partial charge in [-0.15, -0.1) is 0 Å². The highest BCUT2D eigenvalue weighted by Crippen LogP contribution is 2.09. The molecule has 178 valence electrons. The maximum absolute atomic E-state index is 12.7. The van der Waals surface area contributed by atoms with E-state index in [1.165, 1.54) is 12.5 Å². The molecule has 13 heteroatoms. The number of imidazole rings is 1. The Morgan fingerprint density at radius 1 is 1.16 bits per heavy atom. The van der Waals surface area contributed by atoms with E-state index in [0.29, 0.717) is 12.1 Å². The Bertz CT molecular complexity index is 798. The van der Waals surface area contributed by atoms with Gasteiger partial charge in [0, 0.05) is 24.7 Å². The van der Waals surface area contributed by atoms with E-state index < -0.39 is 54.3 Å². The van der Waals surface area contributed by atoms with E-state index in [9.17, 15) is 29.1 Å². The van der Waals surface area contributed by atoms with Crippen molar-refractivity contribution in [3.63, 3.8) is 0 Å². The number of aromatic amines is 1. The smallest absolute Gasteiger partial charge is 0.326 e. The van der Waals surface area contributed by atoms with Gasteiger partial charge in [-0.05, 0) is 12.3 Å². The number of nitrogens with zero attached hydrogens (tertiary/aromatic N) is 1. The van der Waals surface area contributed by atoms with Gasteiger partial charge in [0.1, 0.15) is 12.1 Å². The number of nitrogens with one attached hydrogen (secondary N) is 4. The molecule has 0 bridgehead atoms. The molecule has 1 heterocycles. The van der Waals surface area contributed by atoms with Crippen LogP contribution in [0, 0.1) is 5.92 Å². The lowest BCUT2D eigenvalue weighted by molar-refractivity contribution is -0.143. The Morgan fingerprint density at radius 2 is 1.84 bits per heavy atom. The van der Waals surface area contributed by atoms with Gasteiger partial charge in [-0.1, -0.05) is 20.3 Å². The van der Waals surface area contributed by atoms with Crippen molar-refractivity contribution < 1.29 is 34.2 Å². The van der Waals surface area contributed by atoms with E-state index in [1.54, 1.807) is 13.8 Å². The third kappa shape index (κ3) is 9.12. The molecule has 0 spiro atoms. The molecule has 32 heavy (non-hydrogen) atoms. The number of carbonyl (C=O) groups excluding carboxylic acids is 3. The number of hydrogen-bond donors (Lipinski definition) is 7. The summed E-state index contributed by atoms with van der Waals surface area (Å²) in [5, 5.41) is 25.2. The quantitative estimate of drug-likeness (QED) is 0.171. The van der Waals surface area contributed by atoms with Crippen LogP contribution >= 0.6 is 0 Å². The van der Waals surface area contributed by atoms with E-state index in [2.05, 4.69) is 25.9 Å². The summed E-state index contributed by atoms with van der Waals surface area (Å²) in [4.78, 5) is 65.7. The van der Waals surface area contributed by atoms with Crippen molar-refractivity contribution in [2.24, 2.45) is 11.7 Å². The zero-order chi connectivity index (χ0) is 24.3. The van der Waals surface area contributed by atoms with Crippen LogP contribution in [0.3, 0.4) is 0 Å². The molecule has 3 amide bonds. The highest BCUT2D eigenvalue weighted by atomic mass is 16.4. The number of nitrogens with two attached hydrogens (primary N) is 1. The van der Waals surface area contributed by atoms with Crippen LogP contribution in [0.25, 0.3) is 0 Å². The second kappa shape index (κ2) is 13.0. The molecule has 0 saturated heterocycles. The van der Waals surface area contributed by atoms with Crippen molar-refractivity contribution in [1.82, 2.24) is 25.9 Å². The van der Waals surface area contributed by atoms with Crippen LogP contribution in [0.5, 0.6) is 0 Å². The van der Waals surface area contributed by atoms with E-state index in [4.69, 9.17) is 10.8 Å². The second-order valence-electron chi connectivity index (χ2n) is 7.37. The molecule has 0 aliphatic rings. The fraction of sp³-hybridized carbons (Fsp3) is 0.579. The molecule has 13 nitrogen and oxygen atoms in total. The number of carboxylic acids is 2. The minimum atomic E-state index is -1.19. The van der Waals surface area contributed by atoms with E-state index >= 15 is 0 Å². The van der Waals surface area contributed by atoms with Crippen LogP contribution in [-0.4, -0.2) is 74.5 Å². The number of amides is 3. The lowest BCUT2D eigenvalue weighted by Crippen LogP contribution is -2.55. The van der Waals surface area contributed by atoms with Crippen LogP contribution < -0.4 is 21.7 Å². The van der Waals surface area contributed by atoms with Crippen LogP contribution in [0.2, 0.25) is 0 Å². The normalized spacial score (nSPS) is 14.5. The third-order valence-electron chi connectivity index (χ3n) is 4.84. The summed E-state index contributed by atoms with van der Waals surface area (Å²) in [6, 6.07) is -3.37. The summed E-state index contributed by atoms with van der Waals surface area (Å²) >= 11 is 0. The average Bonchev–Trinajstić information content (AvgIpc) is 3.25. The first-order chi connectivity index (χ1) is 15.0. The summed E-state index contributed by atoms with van der Waals surface area (Å²) in [7, 11) is 0. The number of carbonyl (C=O) groups is 5. The molecule has 0 aliphatic heterocycles. The molecule has 4 unspecified atom stereocenters. The Kier molecular flexibility index (Phi) is 10.8. The SMILES string of the molecule is CCC(C)C(NC(=O)C(Cc1cnc[nH]1)NC(=O)CNC(=O)C(N)CCC(=O)O)C(=O)O. The first-order valence-electron chi connectivity index (χ1n) is 10.1. The minimum Gasteiger partial charge on any atom is -0.481 e. The van der Waals surface area contributed by atoms with Gasteiger partial charge in [0.15, 0.2) is 0 Å². The Hall–Kier alpha value is -3.48. The van der Waals surface area contributed by atoms with Gasteiger partial charge < -0.3 is 36.9 Å². The van der Waals surface area contributed by atoms with Crippen LogP contribution in [0.4, 0.5) is 0 Å². The lowest BCUT2D eigenvalue weighted by Gasteiger charge is -2.24. The molecule has 1 aromatic heterocycles. The molecule has 0 aromatic carbocycles. The molecule has 4 atom stereocenters. The Labute approximate surface area is 184 Å². The number of rotatable bonds is 14. The number of hydrogen-bond acceptors (Lipinski definition) is 7. The van der Waals surface area contributed by atoms with Gasteiger partial charge in [-0.2, -0.15) is 0 Å². The molecule has 0 radical (unpaired) electrons. The van der Waals surface area contributed by atoms with Crippen LogP contribution in [-0.2, 0) is 30.4 Å². The number of H-pyrrole nitrogens is 1. The first-order valence-corrected chi connectivity index (χ1v) is 10.1. The largest absolute Gasteiger partial charge is 0.481 e. The van der Waals surface area contributed by atoms with E-state index in [1.807, 2.05) is 0 Å². The molecule has 8 N–H and O–H groups in total. The van der Waals surface area contributed by atoms with Gasteiger partial charge in [-0.25, -0.2) is 9.78 Å². The first kappa shape index (κ1) is 26.6. The van der Waals surface area contributed by atoms with Gasteiger partial charge >= 0.3 is 11.9 Å². The van der Waals surface area contributed by atoms with Crippen molar-refractivity contribution >= 4 is 29.7 Å². The van der Waals surface area contributed by atoms with Crippen molar-refractivity contribution in [3.8, 4) is 0 Å². The molecule has 1 aromatic rings. The number of carboxylic acid groups (broad SMARTS) is 2. The van der Waals surface area contributed by atoms with E-state index in [0.717, 1.165) is 0 Å². The minimum absolute atomic E-state index is 0.0104. The summed E-state index contributed by atoms with van der Waals surface area (Å²) < 4.78 is 0. The predicted octanol–water partition coefficient (Wildman–Crippen LogP) is -1.64. The summed E-state index contributed by atoms with van der Waals surface area (Å²) in [6.07, 6.45) is 2.98. The van der Waals surface area contributed by atoms with E-state index in [-0.39, 0.29) is 25.2 Å². The Balaban J connectivity index is 2.76. The number of aliphatic carboxylic acids is 2. The summed E-state index contributed by atoms with van der Waals surface area (Å²) in [6.45, 7) is 2.98. The van der Waals surface area contributed by atoms with Gasteiger partial charge in [0.25, 0.3) is 0 Å². The zero-order valence-corrected chi connectivity index (χ0v) is 18.0. The molecular weight excluding hydrogens is 424 g/mol. The molecule has 0 aliphatic carbocycles. The van der Waals surface area contributed by atoms with Crippen molar-refractivity contribution in [2.75, 3.05) is 6.54 Å². The molecule has 0 saturated carbocycles. The highest BCUT2D eigenvalue weighted by Gasteiger charge is 2.30. The third-order valence-corrected chi connectivity index (χ3v) is 4.84. The zero-order valence-electron chi connectivity index (χ0n) is 18.0. The fourth-order valence-electron chi connectivity index (χ4n) is 2.72. The second-order valence-corrected chi connectivity index (χ2v) is 7.37. The molecule has 0 fully saturated rings. The standard InChI is InChI=1S/C19H30N6O7/c1-3-10(2)16(19(31)32)25-18(30)13(6-11-7-21-9-23-11)24-14(26)8-22-17(29)12(20)4-5-15(27)28/h7,9-10,12-13,16H,3-6,8,20H2,1-2H3,(H,21,23)(H,22,29)(H,24,26)(H,25,30)(H,27,28)(H,31,32). The van der Waals surface area contributed by atoms with Crippen LogP contribution in [0.15, 0.2) is 12.5 Å². The maximum Gasteiger partial charge on any atom is 0.326 e. The molecular formula is C19H30N6O7. The van der Waals surface area contributed by atoms with Crippen molar-refractivity contribution in [3.05, 3.63) is 18.2 Å². The molecule has 1 rings (SSSR count). The number of aromatic nitrogens is 2. The topological polar surface area (TPSA) is 217 Å². The summed E-state index contributed by atoms with van der Waals surface area (Å²) in [5.74, 6) is -4.76. The summed E-state index contributed by atoms with van der Waals surface area (Å²) in [5.41, 5.74) is 6.11.